The summed E-state index contributed by atoms with van der Waals surface area (Å²) in [6.07, 6.45) is 7.42. The highest BCUT2D eigenvalue weighted by Crippen LogP contribution is 2.38. The lowest BCUT2D eigenvalue weighted by molar-refractivity contribution is -0.138. The van der Waals surface area contributed by atoms with Crippen LogP contribution < -0.4 is 10.6 Å². The van der Waals surface area contributed by atoms with Crippen LogP contribution in [0.25, 0.3) is 0 Å². The van der Waals surface area contributed by atoms with Gasteiger partial charge in [0.1, 0.15) is 0 Å². The van der Waals surface area contributed by atoms with Gasteiger partial charge in [0.05, 0.1) is 11.5 Å². The van der Waals surface area contributed by atoms with Gasteiger partial charge in [-0.25, -0.2) is 0 Å². The first-order valence-corrected chi connectivity index (χ1v) is 9.93. The van der Waals surface area contributed by atoms with E-state index < -0.39 is 0 Å². The smallest absolute Gasteiger partial charge is 0.230 e. The molecule has 0 aromatic carbocycles. The highest BCUT2D eigenvalue weighted by molar-refractivity contribution is 5.85. The maximum atomic E-state index is 12.6. The minimum Gasteiger partial charge on any atom is -0.381 e. The van der Waals surface area contributed by atoms with E-state index in [1.807, 2.05) is 14.1 Å². The first-order chi connectivity index (χ1) is 12.6. The molecule has 1 saturated heterocycles. The van der Waals surface area contributed by atoms with Crippen molar-refractivity contribution >= 4 is 11.9 Å². The molecule has 0 atom stereocenters. The van der Waals surface area contributed by atoms with Gasteiger partial charge in [0.25, 0.3) is 0 Å². The van der Waals surface area contributed by atoms with Crippen molar-refractivity contribution in [3.05, 3.63) is 0 Å². The van der Waals surface area contributed by atoms with Gasteiger partial charge in [0.15, 0.2) is 5.96 Å². The van der Waals surface area contributed by atoms with E-state index in [0.29, 0.717) is 12.6 Å². The predicted molar refractivity (Wildman–Crippen MR) is 103 cm³/mol. The average molecular weight is 369 g/mol. The van der Waals surface area contributed by atoms with E-state index in [0.717, 1.165) is 77.3 Å². The number of carbonyl (C=O) groups excluding carboxylic acids is 1. The molecule has 2 rings (SSSR count). The number of carbonyl (C=O) groups is 1. The molecule has 1 amide bonds. The van der Waals surface area contributed by atoms with Gasteiger partial charge in [-0.15, -0.1) is 0 Å². The van der Waals surface area contributed by atoms with Crippen molar-refractivity contribution in [1.29, 1.82) is 0 Å². The third-order valence-electron chi connectivity index (χ3n) is 5.37. The molecule has 0 radical (unpaired) electrons. The molecule has 0 spiro atoms. The Morgan fingerprint density at radius 3 is 2.54 bits per heavy atom. The zero-order chi connectivity index (χ0) is 18.8. The van der Waals surface area contributed by atoms with Gasteiger partial charge >= 0.3 is 0 Å². The van der Waals surface area contributed by atoms with Crippen LogP contribution in [0.2, 0.25) is 0 Å². The second kappa shape index (κ2) is 10.7. The van der Waals surface area contributed by atoms with E-state index in [4.69, 9.17) is 9.47 Å². The lowest BCUT2D eigenvalue weighted by Crippen LogP contribution is -2.49. The highest BCUT2D eigenvalue weighted by Gasteiger charge is 2.42. The van der Waals surface area contributed by atoms with Crippen LogP contribution in [0.5, 0.6) is 0 Å². The number of ether oxygens (including phenoxy) is 2. The zero-order valence-corrected chi connectivity index (χ0v) is 16.7. The van der Waals surface area contributed by atoms with Crippen molar-refractivity contribution in [2.45, 2.75) is 51.0 Å². The van der Waals surface area contributed by atoms with E-state index in [9.17, 15) is 4.79 Å². The molecule has 2 aliphatic rings. The van der Waals surface area contributed by atoms with Gasteiger partial charge in [-0.2, -0.15) is 0 Å². The minimum atomic E-state index is -0.284. The molecule has 0 aromatic rings. The van der Waals surface area contributed by atoms with Crippen LogP contribution in [0.1, 0.15) is 44.9 Å². The molecule has 0 unspecified atom stereocenters. The summed E-state index contributed by atoms with van der Waals surface area (Å²) in [5, 5.41) is 6.69. The lowest BCUT2D eigenvalue weighted by atomic mass is 9.84. The van der Waals surface area contributed by atoms with E-state index >= 15 is 0 Å². The number of rotatable bonds is 8. The number of hydrogen-bond donors (Lipinski definition) is 2. The third kappa shape index (κ3) is 6.13. The molecule has 7 nitrogen and oxygen atoms in total. The van der Waals surface area contributed by atoms with Crippen molar-refractivity contribution in [3.63, 3.8) is 0 Å². The first-order valence-electron chi connectivity index (χ1n) is 9.93. The quantitative estimate of drug-likeness (QED) is 0.385. The predicted octanol–water partition coefficient (Wildman–Crippen LogP) is 1.39. The van der Waals surface area contributed by atoms with E-state index in [-0.39, 0.29) is 11.3 Å². The molecule has 1 aliphatic heterocycles. The van der Waals surface area contributed by atoms with Gasteiger partial charge < -0.3 is 25.0 Å². The highest BCUT2D eigenvalue weighted by atomic mass is 16.5. The number of amides is 1. The van der Waals surface area contributed by atoms with Gasteiger partial charge in [-0.05, 0) is 32.1 Å². The minimum absolute atomic E-state index is 0.225. The fourth-order valence-corrected chi connectivity index (χ4v) is 3.84. The molecule has 7 heteroatoms. The van der Waals surface area contributed by atoms with Crippen molar-refractivity contribution in [3.8, 4) is 0 Å². The maximum absolute atomic E-state index is 12.6. The Kier molecular flexibility index (Phi) is 8.65. The SMILES string of the molecule is CN=C(NCCCOC1CCOCC1)NCC1(C(=O)N(C)C)CCCC1. The molecule has 0 aromatic heterocycles. The van der Waals surface area contributed by atoms with Crippen LogP contribution >= 0.6 is 0 Å². The molecule has 1 aliphatic carbocycles. The number of hydrogen-bond acceptors (Lipinski definition) is 4. The Morgan fingerprint density at radius 1 is 1.23 bits per heavy atom. The summed E-state index contributed by atoms with van der Waals surface area (Å²) in [4.78, 5) is 18.6. The van der Waals surface area contributed by atoms with Crippen LogP contribution in [0.15, 0.2) is 4.99 Å². The fourth-order valence-electron chi connectivity index (χ4n) is 3.84. The van der Waals surface area contributed by atoms with Crippen molar-refractivity contribution in [2.24, 2.45) is 10.4 Å². The molecule has 2 N–H and O–H groups in total. The second-order valence-corrected chi connectivity index (χ2v) is 7.58. The molecule has 150 valence electrons. The topological polar surface area (TPSA) is 75.2 Å². The Balaban J connectivity index is 1.67. The van der Waals surface area contributed by atoms with Crippen molar-refractivity contribution < 1.29 is 14.3 Å². The average Bonchev–Trinajstić information content (AvgIpc) is 3.14. The molecular weight excluding hydrogens is 332 g/mol. The van der Waals surface area contributed by atoms with Crippen LogP contribution in [0.3, 0.4) is 0 Å². The maximum Gasteiger partial charge on any atom is 0.230 e. The second-order valence-electron chi connectivity index (χ2n) is 7.58. The standard InChI is InChI=1S/C19H36N4O3/c1-20-18(21-11-6-12-26-16-7-13-25-14-8-16)22-15-19(9-4-5-10-19)17(24)23(2)3/h16H,4-15H2,1-3H3,(H2,20,21,22). The number of guanidine groups is 1. The molecule has 2 fully saturated rings. The van der Waals surface area contributed by atoms with Gasteiger partial charge in [0, 0.05) is 54.1 Å². The van der Waals surface area contributed by atoms with Gasteiger partial charge in [-0.1, -0.05) is 12.8 Å². The van der Waals surface area contributed by atoms with Crippen LogP contribution in [0, 0.1) is 5.41 Å². The number of nitrogens with zero attached hydrogens (tertiary/aromatic N) is 2. The number of nitrogens with one attached hydrogen (secondary N) is 2. The monoisotopic (exact) mass is 368 g/mol. The van der Waals surface area contributed by atoms with E-state index in [1.165, 1.54) is 0 Å². The normalized spacial score (nSPS) is 20.8. The summed E-state index contributed by atoms with van der Waals surface area (Å²) in [6, 6.07) is 0. The summed E-state index contributed by atoms with van der Waals surface area (Å²) in [5.41, 5.74) is -0.284. The van der Waals surface area contributed by atoms with Crippen molar-refractivity contribution in [2.75, 3.05) is 54.1 Å². The van der Waals surface area contributed by atoms with E-state index in [2.05, 4.69) is 15.6 Å². The molecule has 0 bridgehead atoms. The molecule has 1 saturated carbocycles. The summed E-state index contributed by atoms with van der Waals surface area (Å²) in [7, 11) is 5.45. The molecular formula is C19H36N4O3. The molecule has 1 heterocycles. The van der Waals surface area contributed by atoms with Crippen LogP contribution in [-0.2, 0) is 14.3 Å². The van der Waals surface area contributed by atoms with Crippen molar-refractivity contribution in [1.82, 2.24) is 15.5 Å². The summed E-state index contributed by atoms with van der Waals surface area (Å²) < 4.78 is 11.2. The Labute approximate surface area is 157 Å². The van der Waals surface area contributed by atoms with Gasteiger partial charge in [-0.3, -0.25) is 9.79 Å². The number of aliphatic imine (C=N–C) groups is 1. The van der Waals surface area contributed by atoms with E-state index in [1.54, 1.807) is 11.9 Å². The largest absolute Gasteiger partial charge is 0.381 e. The van der Waals surface area contributed by atoms with Gasteiger partial charge in [0.2, 0.25) is 5.91 Å². The van der Waals surface area contributed by atoms with Crippen LogP contribution in [-0.4, -0.2) is 76.9 Å². The first kappa shape index (κ1) is 21.0. The fraction of sp³-hybridized carbons (Fsp3) is 0.895. The Hall–Kier alpha value is -1.34. The molecule has 26 heavy (non-hydrogen) atoms. The zero-order valence-electron chi connectivity index (χ0n) is 16.7. The Morgan fingerprint density at radius 2 is 1.92 bits per heavy atom. The lowest BCUT2D eigenvalue weighted by Gasteiger charge is -2.31. The third-order valence-corrected chi connectivity index (χ3v) is 5.37. The summed E-state index contributed by atoms with van der Waals surface area (Å²) in [6.45, 7) is 3.82. The summed E-state index contributed by atoms with van der Waals surface area (Å²) in [5.74, 6) is 0.983. The van der Waals surface area contributed by atoms with Crippen LogP contribution in [0.4, 0.5) is 0 Å². The summed E-state index contributed by atoms with van der Waals surface area (Å²) >= 11 is 0. The Bertz CT molecular complexity index is 456.